The molecule has 6 heteroatoms. The van der Waals surface area contributed by atoms with Crippen LogP contribution in [0.4, 0.5) is 5.69 Å². The van der Waals surface area contributed by atoms with Gasteiger partial charge in [0, 0.05) is 31.6 Å². The van der Waals surface area contributed by atoms with Crippen LogP contribution >= 0.6 is 15.9 Å². The number of hydrogen-bond acceptors (Lipinski definition) is 3. The summed E-state index contributed by atoms with van der Waals surface area (Å²) in [5.74, 6) is 0.472. The van der Waals surface area contributed by atoms with Crippen LogP contribution in [0.5, 0.6) is 5.75 Å². The molecule has 0 saturated heterocycles. The largest absolute Gasteiger partial charge is 0.492 e. The average Bonchev–Trinajstić information content (AvgIpc) is 2.43. The van der Waals surface area contributed by atoms with Crippen LogP contribution in [0.3, 0.4) is 0 Å². The lowest BCUT2D eigenvalue weighted by molar-refractivity contribution is -0.121. The van der Waals surface area contributed by atoms with Crippen LogP contribution in [0, 0.1) is 0 Å². The van der Waals surface area contributed by atoms with Gasteiger partial charge in [-0.2, -0.15) is 0 Å². The van der Waals surface area contributed by atoms with E-state index >= 15 is 0 Å². The Labute approximate surface area is 132 Å². The molecule has 0 saturated carbocycles. The van der Waals surface area contributed by atoms with Crippen LogP contribution in [-0.4, -0.2) is 25.0 Å². The number of halogens is 1. The minimum atomic E-state index is -0.137. The van der Waals surface area contributed by atoms with Gasteiger partial charge in [-0.15, -0.1) is 6.58 Å². The van der Waals surface area contributed by atoms with Gasteiger partial charge < -0.3 is 15.4 Å². The monoisotopic (exact) mass is 354 g/mol. The highest BCUT2D eigenvalue weighted by atomic mass is 79.9. The molecule has 0 aromatic heterocycles. The van der Waals surface area contributed by atoms with Crippen LogP contribution in [0.2, 0.25) is 0 Å². The average molecular weight is 355 g/mol. The molecule has 0 spiro atoms. The fraction of sp³-hybridized carbons (Fsp3) is 0.333. The normalized spacial score (nSPS) is 9.81. The first kappa shape index (κ1) is 17.2. The van der Waals surface area contributed by atoms with Crippen molar-refractivity contribution in [2.45, 2.75) is 19.8 Å². The first-order valence-corrected chi connectivity index (χ1v) is 7.39. The second kappa shape index (κ2) is 9.18. The van der Waals surface area contributed by atoms with Gasteiger partial charge in [0.2, 0.25) is 11.8 Å². The molecule has 2 amide bonds. The van der Waals surface area contributed by atoms with Gasteiger partial charge in [-0.25, -0.2) is 0 Å². The van der Waals surface area contributed by atoms with E-state index in [4.69, 9.17) is 4.74 Å². The molecular formula is C15H19BrN2O3. The molecule has 5 nitrogen and oxygen atoms in total. The molecule has 1 aromatic carbocycles. The summed E-state index contributed by atoms with van der Waals surface area (Å²) >= 11 is 3.38. The second-order valence-corrected chi connectivity index (χ2v) is 5.23. The number of ether oxygens (including phenoxy) is 1. The molecule has 1 rings (SSSR count). The Morgan fingerprint density at radius 1 is 1.43 bits per heavy atom. The van der Waals surface area contributed by atoms with Crippen molar-refractivity contribution in [1.82, 2.24) is 5.32 Å². The fourth-order valence-corrected chi connectivity index (χ4v) is 1.95. The van der Waals surface area contributed by atoms with Crippen LogP contribution in [0.1, 0.15) is 19.8 Å². The molecule has 114 valence electrons. The third-order valence-corrected chi connectivity index (χ3v) is 3.16. The predicted molar refractivity (Wildman–Crippen MR) is 86.4 cm³/mol. The Kier molecular flexibility index (Phi) is 7.53. The van der Waals surface area contributed by atoms with Gasteiger partial charge in [0.25, 0.3) is 0 Å². The van der Waals surface area contributed by atoms with E-state index in [2.05, 4.69) is 33.1 Å². The SMILES string of the molecule is C=CCNC(=O)CCCOc1cc(NC(C)=O)ccc1Br. The first-order valence-electron chi connectivity index (χ1n) is 6.60. The summed E-state index contributed by atoms with van der Waals surface area (Å²) in [7, 11) is 0. The molecule has 0 radical (unpaired) electrons. The zero-order chi connectivity index (χ0) is 15.7. The number of carbonyl (C=O) groups excluding carboxylic acids is 2. The molecule has 0 fully saturated rings. The summed E-state index contributed by atoms with van der Waals surface area (Å²) in [6.07, 6.45) is 2.65. The molecule has 0 bridgehead atoms. The maximum absolute atomic E-state index is 11.4. The van der Waals surface area contributed by atoms with E-state index in [1.807, 2.05) is 0 Å². The molecule has 0 aliphatic heterocycles. The minimum absolute atomic E-state index is 0.0236. The number of carbonyl (C=O) groups is 2. The molecule has 0 aliphatic carbocycles. The number of rotatable bonds is 8. The Morgan fingerprint density at radius 2 is 2.19 bits per heavy atom. The number of amides is 2. The molecule has 1 aromatic rings. The molecular weight excluding hydrogens is 336 g/mol. The molecule has 0 unspecified atom stereocenters. The maximum Gasteiger partial charge on any atom is 0.221 e. The van der Waals surface area contributed by atoms with Gasteiger partial charge in [-0.05, 0) is 34.5 Å². The van der Waals surface area contributed by atoms with Gasteiger partial charge in [0.05, 0.1) is 11.1 Å². The molecule has 2 N–H and O–H groups in total. The summed E-state index contributed by atoms with van der Waals surface area (Å²) < 4.78 is 6.41. The summed E-state index contributed by atoms with van der Waals surface area (Å²) in [4.78, 5) is 22.4. The number of benzene rings is 1. The first-order chi connectivity index (χ1) is 10.0. The Bertz CT molecular complexity index is 518. The van der Waals surface area contributed by atoms with E-state index in [1.54, 1.807) is 24.3 Å². The maximum atomic E-state index is 11.4. The lowest BCUT2D eigenvalue weighted by Gasteiger charge is -2.10. The summed E-state index contributed by atoms with van der Waals surface area (Å²) in [5, 5.41) is 5.39. The zero-order valence-corrected chi connectivity index (χ0v) is 13.5. The third kappa shape index (κ3) is 6.94. The molecule has 0 aliphatic rings. The number of nitrogens with one attached hydrogen (secondary N) is 2. The smallest absolute Gasteiger partial charge is 0.221 e. The standard InChI is InChI=1S/C15H19BrN2O3/c1-3-8-17-15(20)5-4-9-21-14-10-12(18-11(2)19)6-7-13(14)16/h3,6-7,10H,1,4-5,8-9H2,2H3,(H,17,20)(H,18,19). The van der Waals surface area contributed by atoms with Crippen LogP contribution in [0.15, 0.2) is 35.3 Å². The lowest BCUT2D eigenvalue weighted by Crippen LogP contribution is -2.23. The van der Waals surface area contributed by atoms with Gasteiger partial charge >= 0.3 is 0 Å². The highest BCUT2D eigenvalue weighted by Gasteiger charge is 2.05. The number of anilines is 1. The summed E-state index contributed by atoms with van der Waals surface area (Å²) in [6, 6.07) is 5.32. The van der Waals surface area contributed by atoms with E-state index in [9.17, 15) is 9.59 Å². The number of hydrogen-bond donors (Lipinski definition) is 2. The Morgan fingerprint density at radius 3 is 2.86 bits per heavy atom. The van der Waals surface area contributed by atoms with E-state index < -0.39 is 0 Å². The van der Waals surface area contributed by atoms with Gasteiger partial charge in [0.1, 0.15) is 5.75 Å². The van der Waals surface area contributed by atoms with E-state index in [0.29, 0.717) is 37.4 Å². The predicted octanol–water partition coefficient (Wildman–Crippen LogP) is 2.87. The topological polar surface area (TPSA) is 67.4 Å². The molecule has 0 atom stereocenters. The van der Waals surface area contributed by atoms with Gasteiger partial charge in [0.15, 0.2) is 0 Å². The lowest BCUT2D eigenvalue weighted by atomic mass is 10.3. The van der Waals surface area contributed by atoms with Crippen molar-refractivity contribution in [3.63, 3.8) is 0 Å². The van der Waals surface area contributed by atoms with Crippen molar-refractivity contribution in [3.05, 3.63) is 35.3 Å². The third-order valence-electron chi connectivity index (χ3n) is 2.50. The summed E-state index contributed by atoms with van der Waals surface area (Å²) in [6.45, 7) is 5.88. The van der Waals surface area contributed by atoms with Crippen molar-refractivity contribution in [2.75, 3.05) is 18.5 Å². The van der Waals surface area contributed by atoms with E-state index in [0.717, 1.165) is 4.47 Å². The summed E-state index contributed by atoms with van der Waals surface area (Å²) in [5.41, 5.74) is 0.671. The Balaban J connectivity index is 2.42. The van der Waals surface area contributed by atoms with Crippen molar-refractivity contribution < 1.29 is 14.3 Å². The van der Waals surface area contributed by atoms with Crippen LogP contribution in [0.25, 0.3) is 0 Å². The van der Waals surface area contributed by atoms with Crippen LogP contribution < -0.4 is 15.4 Å². The minimum Gasteiger partial charge on any atom is -0.492 e. The van der Waals surface area contributed by atoms with Gasteiger partial charge in [-0.3, -0.25) is 9.59 Å². The van der Waals surface area contributed by atoms with Crippen molar-refractivity contribution >= 4 is 33.4 Å². The molecule has 21 heavy (non-hydrogen) atoms. The quantitative estimate of drug-likeness (QED) is 0.557. The highest BCUT2D eigenvalue weighted by molar-refractivity contribution is 9.10. The van der Waals surface area contributed by atoms with E-state index in [-0.39, 0.29) is 11.8 Å². The fourth-order valence-electron chi connectivity index (χ4n) is 1.58. The zero-order valence-electron chi connectivity index (χ0n) is 11.9. The highest BCUT2D eigenvalue weighted by Crippen LogP contribution is 2.28. The van der Waals surface area contributed by atoms with Crippen molar-refractivity contribution in [2.24, 2.45) is 0 Å². The van der Waals surface area contributed by atoms with Crippen molar-refractivity contribution in [3.8, 4) is 5.75 Å². The van der Waals surface area contributed by atoms with Crippen molar-refractivity contribution in [1.29, 1.82) is 0 Å². The Hall–Kier alpha value is -1.82. The second-order valence-electron chi connectivity index (χ2n) is 4.37. The van der Waals surface area contributed by atoms with Gasteiger partial charge in [-0.1, -0.05) is 6.08 Å². The van der Waals surface area contributed by atoms with E-state index in [1.165, 1.54) is 6.92 Å². The van der Waals surface area contributed by atoms with Crippen LogP contribution in [-0.2, 0) is 9.59 Å². The molecule has 0 heterocycles.